The van der Waals surface area contributed by atoms with E-state index in [0.29, 0.717) is 39.6 Å². The number of carbonyl (C=O) groups is 3. The van der Waals surface area contributed by atoms with Crippen molar-refractivity contribution in [3.8, 4) is 17.2 Å². The molecule has 0 saturated heterocycles. The first-order valence-electron chi connectivity index (χ1n) is 17.6. The first-order valence-corrected chi connectivity index (χ1v) is 19.0. The molecule has 5 aromatic rings. The molecule has 5 aromatic carbocycles. The zero-order valence-electron chi connectivity index (χ0n) is 31.6. The first-order chi connectivity index (χ1) is 26.6. The number of hydrogen-bond acceptors (Lipinski definition) is 9. The van der Waals surface area contributed by atoms with E-state index in [1.165, 1.54) is 38.4 Å². The number of urea groups is 1. The molecule has 2 aliphatic heterocycles. The van der Waals surface area contributed by atoms with Gasteiger partial charge in [-0.1, -0.05) is 24.3 Å². The Morgan fingerprint density at radius 3 is 1.77 bits per heavy atom. The Morgan fingerprint density at radius 1 is 0.714 bits per heavy atom. The predicted octanol–water partition coefficient (Wildman–Crippen LogP) is 5.76. The van der Waals surface area contributed by atoms with E-state index < -0.39 is 33.6 Å². The Morgan fingerprint density at radius 2 is 1.25 bits per heavy atom. The van der Waals surface area contributed by atoms with Crippen molar-refractivity contribution in [2.24, 2.45) is 0 Å². The monoisotopic (exact) mass is 775 g/mol. The van der Waals surface area contributed by atoms with Gasteiger partial charge in [-0.2, -0.15) is 12.7 Å². The van der Waals surface area contributed by atoms with Crippen LogP contribution in [0.1, 0.15) is 43.0 Å². The molecule has 15 heteroatoms. The molecule has 0 aromatic heterocycles. The fraction of sp³-hybridized carbons (Fsp3) is 0.195. The minimum Gasteiger partial charge on any atom is -0.508 e. The molecule has 2 heterocycles. The van der Waals surface area contributed by atoms with Crippen molar-refractivity contribution >= 4 is 50.8 Å². The first kappa shape index (κ1) is 37.7. The van der Waals surface area contributed by atoms with Crippen LogP contribution in [-0.4, -0.2) is 82.3 Å². The number of ether oxygens (including phenoxy) is 1. The van der Waals surface area contributed by atoms with E-state index in [-0.39, 0.29) is 23.4 Å². The number of amides is 4. The zero-order chi connectivity index (χ0) is 40.1. The van der Waals surface area contributed by atoms with E-state index in [0.717, 1.165) is 25.5 Å². The van der Waals surface area contributed by atoms with Gasteiger partial charge >= 0.3 is 16.2 Å². The summed E-state index contributed by atoms with van der Waals surface area (Å²) in [5.41, 5.74) is 3.17. The smallest absolute Gasteiger partial charge is 0.323 e. The predicted molar refractivity (Wildman–Crippen MR) is 215 cm³/mol. The lowest BCUT2D eigenvalue weighted by Crippen LogP contribution is -2.53. The van der Waals surface area contributed by atoms with Gasteiger partial charge in [-0.15, -0.1) is 0 Å². The maximum absolute atomic E-state index is 14.5. The maximum atomic E-state index is 14.5. The van der Waals surface area contributed by atoms with E-state index in [9.17, 15) is 27.9 Å². The lowest BCUT2D eigenvalue weighted by atomic mass is 9.75. The fourth-order valence-electron chi connectivity index (χ4n) is 6.93. The highest BCUT2D eigenvalue weighted by Crippen LogP contribution is 2.59. The summed E-state index contributed by atoms with van der Waals surface area (Å²) in [6.45, 7) is 0.140. The second-order valence-electron chi connectivity index (χ2n) is 14.1. The van der Waals surface area contributed by atoms with Crippen LogP contribution in [0.3, 0.4) is 0 Å². The van der Waals surface area contributed by atoms with Crippen molar-refractivity contribution in [1.82, 2.24) is 13.9 Å². The van der Waals surface area contributed by atoms with E-state index in [2.05, 4.69) is 16.0 Å². The van der Waals surface area contributed by atoms with Crippen molar-refractivity contribution in [1.29, 1.82) is 0 Å². The molecular formula is C41H41N7O7S. The van der Waals surface area contributed by atoms with Gasteiger partial charge in [-0.05, 0) is 72.3 Å². The third-order valence-electron chi connectivity index (χ3n) is 9.84. The third kappa shape index (κ3) is 6.50. The molecule has 14 nitrogen and oxygen atoms in total. The normalized spacial score (nSPS) is 13.7. The number of aromatic hydroxyl groups is 1. The lowest BCUT2D eigenvalue weighted by Gasteiger charge is -2.44. The molecule has 4 amide bonds. The van der Waals surface area contributed by atoms with Crippen LogP contribution in [0.5, 0.6) is 17.2 Å². The molecule has 0 saturated carbocycles. The summed E-state index contributed by atoms with van der Waals surface area (Å²) in [4.78, 5) is 44.6. The van der Waals surface area contributed by atoms with Crippen LogP contribution >= 0.6 is 0 Å². The average molecular weight is 776 g/mol. The molecule has 0 unspecified atom stereocenters. The molecule has 0 fully saturated rings. The van der Waals surface area contributed by atoms with Gasteiger partial charge in [0.05, 0.1) is 0 Å². The summed E-state index contributed by atoms with van der Waals surface area (Å²) in [6.07, 6.45) is 0. The van der Waals surface area contributed by atoms with E-state index >= 15 is 0 Å². The number of fused-ring (bicyclic) bond motifs is 6. The van der Waals surface area contributed by atoms with Gasteiger partial charge in [0.25, 0.3) is 11.8 Å². The molecule has 288 valence electrons. The number of nitrogens with zero attached hydrogens (tertiary/aromatic N) is 4. The minimum absolute atomic E-state index is 0.0874. The third-order valence-corrected chi connectivity index (χ3v) is 11.7. The van der Waals surface area contributed by atoms with Gasteiger partial charge in [0.1, 0.15) is 22.8 Å². The number of benzene rings is 5. The van der Waals surface area contributed by atoms with E-state index in [4.69, 9.17) is 4.74 Å². The Balaban J connectivity index is 1.24. The summed E-state index contributed by atoms with van der Waals surface area (Å²) < 4.78 is 37.2. The second-order valence-corrected chi connectivity index (χ2v) is 16.1. The largest absolute Gasteiger partial charge is 0.508 e. The molecule has 0 radical (unpaired) electrons. The van der Waals surface area contributed by atoms with E-state index in [1.54, 1.807) is 54.6 Å². The zero-order valence-corrected chi connectivity index (χ0v) is 32.4. The van der Waals surface area contributed by atoms with Gasteiger partial charge in [0, 0.05) is 112 Å². The maximum Gasteiger partial charge on any atom is 0.323 e. The number of hydrogen-bond donors (Lipinski definition) is 4. The Labute approximate surface area is 325 Å². The highest BCUT2D eigenvalue weighted by molar-refractivity contribution is 7.87. The SMILES string of the molecule is CN(C)c1ccc2c(c1)Oc1cc(N(C)C)ccc1C21c2cc(C(=O)NCc3ccc(NC(=O)Nc4ccc(O)cc4)cc3)ccc2C(=O)N1S(=O)(=O)N(C)C. The number of anilines is 4. The van der Waals surface area contributed by atoms with Gasteiger partial charge in [0.2, 0.25) is 0 Å². The van der Waals surface area contributed by atoms with Gasteiger partial charge in [-0.25, -0.2) is 9.10 Å². The summed E-state index contributed by atoms with van der Waals surface area (Å²) in [5, 5.41) is 17.8. The molecule has 0 bridgehead atoms. The lowest BCUT2D eigenvalue weighted by molar-refractivity contribution is 0.0817. The summed E-state index contributed by atoms with van der Waals surface area (Å²) >= 11 is 0. The van der Waals surface area contributed by atoms with Crippen molar-refractivity contribution < 1.29 is 32.6 Å². The van der Waals surface area contributed by atoms with Crippen LogP contribution in [0.2, 0.25) is 0 Å². The summed E-state index contributed by atoms with van der Waals surface area (Å²) in [5.74, 6) is -0.365. The van der Waals surface area contributed by atoms with Crippen LogP contribution < -0.4 is 30.5 Å². The Kier molecular flexibility index (Phi) is 9.60. The number of phenolic OH excluding ortho intramolecular Hbond substituents is 1. The minimum atomic E-state index is -4.45. The van der Waals surface area contributed by atoms with Crippen molar-refractivity contribution in [3.05, 3.63) is 137 Å². The molecule has 1 spiro atoms. The number of nitrogens with one attached hydrogen (secondary N) is 3. The Bertz CT molecular complexity index is 2430. The summed E-state index contributed by atoms with van der Waals surface area (Å²) in [7, 11) is 5.82. The van der Waals surface area contributed by atoms with Crippen molar-refractivity contribution in [2.75, 3.05) is 62.7 Å². The number of rotatable bonds is 9. The van der Waals surface area contributed by atoms with Crippen LogP contribution in [0.15, 0.2) is 103 Å². The molecule has 56 heavy (non-hydrogen) atoms. The molecule has 0 aliphatic carbocycles. The van der Waals surface area contributed by atoms with Crippen molar-refractivity contribution in [2.45, 2.75) is 12.1 Å². The highest BCUT2D eigenvalue weighted by atomic mass is 32.2. The molecular weight excluding hydrogens is 735 g/mol. The highest BCUT2D eigenvalue weighted by Gasteiger charge is 2.61. The van der Waals surface area contributed by atoms with Crippen LogP contribution in [0.25, 0.3) is 0 Å². The molecule has 2 aliphatic rings. The number of phenols is 1. The van der Waals surface area contributed by atoms with Crippen LogP contribution in [0, 0.1) is 0 Å². The fourth-order valence-corrected chi connectivity index (χ4v) is 8.21. The molecule has 4 N–H and O–H groups in total. The summed E-state index contributed by atoms with van der Waals surface area (Å²) in [6, 6.07) is 28.0. The Hall–Kier alpha value is -6.58. The van der Waals surface area contributed by atoms with Gasteiger partial charge < -0.3 is 35.6 Å². The quantitative estimate of drug-likeness (QED) is 0.136. The van der Waals surface area contributed by atoms with Crippen LogP contribution in [-0.2, 0) is 22.3 Å². The molecule has 7 rings (SSSR count). The van der Waals surface area contributed by atoms with Crippen molar-refractivity contribution in [3.63, 3.8) is 0 Å². The topological polar surface area (TPSA) is 164 Å². The second kappa shape index (κ2) is 14.2. The van der Waals surface area contributed by atoms with Gasteiger partial charge in [-0.3, -0.25) is 9.59 Å². The number of carbonyl (C=O) groups excluding carboxylic acids is 3. The van der Waals surface area contributed by atoms with Gasteiger partial charge in [0.15, 0.2) is 0 Å². The molecule has 0 atom stereocenters. The average Bonchev–Trinajstić information content (AvgIpc) is 3.43. The van der Waals surface area contributed by atoms with E-state index in [1.807, 2.05) is 62.3 Å². The standard InChI is InChI=1S/C41H41N7O7S/c1-45(2)29-14-19-33-36(22-29)55-37-23-30(46(3)4)15-20-34(37)41(33)35-21-26(9-18-32(35)39(51)48(41)56(53,54)47(5)6)38(50)42-24-25-7-10-27(11-8-25)43-40(52)44-28-12-16-31(49)17-13-28/h7-23,49H,24H2,1-6H3,(H,42,50)(H2,43,44,52). The van der Waals surface area contributed by atoms with Crippen LogP contribution in [0.4, 0.5) is 27.5 Å².